The van der Waals surface area contributed by atoms with Gasteiger partial charge >= 0.3 is 5.97 Å². The van der Waals surface area contributed by atoms with Crippen molar-refractivity contribution in [3.63, 3.8) is 0 Å². The third-order valence-corrected chi connectivity index (χ3v) is 3.08. The van der Waals surface area contributed by atoms with Crippen molar-refractivity contribution in [2.24, 2.45) is 4.99 Å². The number of carbonyl (C=O) groups excluding carboxylic acids is 1. The number of aromatic amines is 1. The zero-order valence-electron chi connectivity index (χ0n) is 12.2. The maximum Gasteiger partial charge on any atom is 0.357 e. The van der Waals surface area contributed by atoms with Gasteiger partial charge in [-0.1, -0.05) is 18.2 Å². The third-order valence-electron chi connectivity index (χ3n) is 3.08. The number of esters is 1. The normalized spacial score (nSPS) is 11.7. The summed E-state index contributed by atoms with van der Waals surface area (Å²) in [7, 11) is 3.83. The Bertz CT molecular complexity index is 656. The Labute approximate surface area is 118 Å². The van der Waals surface area contributed by atoms with E-state index in [-0.39, 0.29) is 5.97 Å². The number of hydrogen-bond donors (Lipinski definition) is 1. The van der Waals surface area contributed by atoms with Gasteiger partial charge in [-0.15, -0.1) is 0 Å². The zero-order chi connectivity index (χ0) is 14.7. The molecular weight excluding hydrogens is 254 g/mol. The Kier molecular flexibility index (Phi) is 4.08. The molecule has 0 aliphatic rings. The Morgan fingerprint density at radius 3 is 2.70 bits per heavy atom. The molecule has 1 heterocycles. The number of nitrogens with one attached hydrogen (secondary N) is 1. The molecule has 2 rings (SSSR count). The van der Waals surface area contributed by atoms with Crippen LogP contribution in [0, 0.1) is 0 Å². The Morgan fingerprint density at radius 2 is 2.05 bits per heavy atom. The number of H-pyrrole nitrogens is 1. The van der Waals surface area contributed by atoms with Crippen LogP contribution in [0.15, 0.2) is 29.3 Å². The van der Waals surface area contributed by atoms with Gasteiger partial charge in [0.1, 0.15) is 11.5 Å². The molecule has 0 saturated heterocycles. The van der Waals surface area contributed by atoms with Gasteiger partial charge < -0.3 is 14.6 Å². The second-order valence-corrected chi connectivity index (χ2v) is 4.67. The van der Waals surface area contributed by atoms with E-state index in [2.05, 4.69) is 9.98 Å². The third kappa shape index (κ3) is 2.66. The van der Waals surface area contributed by atoms with Crippen LogP contribution in [0.5, 0.6) is 0 Å². The summed E-state index contributed by atoms with van der Waals surface area (Å²) in [4.78, 5) is 21.6. The maximum absolute atomic E-state index is 12.1. The van der Waals surface area contributed by atoms with Gasteiger partial charge in [-0.05, 0) is 19.9 Å². The molecule has 106 valence electrons. The minimum atomic E-state index is -0.381. The Balaban J connectivity index is 2.62. The number of aliphatic imine (C=N–C) groups is 1. The van der Waals surface area contributed by atoms with Crippen LogP contribution >= 0.6 is 0 Å². The number of hydrogen-bond acceptors (Lipinski definition) is 3. The highest BCUT2D eigenvalue weighted by Crippen LogP contribution is 2.31. The lowest BCUT2D eigenvalue weighted by Crippen LogP contribution is -2.18. The molecule has 0 aliphatic carbocycles. The summed E-state index contributed by atoms with van der Waals surface area (Å²) in [5.74, 6) is 0.439. The van der Waals surface area contributed by atoms with Gasteiger partial charge in [0.05, 0.1) is 6.61 Å². The molecule has 1 N–H and O–H groups in total. The lowest BCUT2D eigenvalue weighted by molar-refractivity contribution is 0.0521. The molecule has 0 aliphatic heterocycles. The van der Waals surface area contributed by atoms with Crippen LogP contribution in [0.4, 0.5) is 5.69 Å². The SMILES string of the molecule is CCOC(=O)c1[nH]c2ccccc2c1N=C(C)N(C)C. The summed E-state index contributed by atoms with van der Waals surface area (Å²) in [5, 5.41) is 0.914. The molecule has 0 spiro atoms. The second-order valence-electron chi connectivity index (χ2n) is 4.67. The fourth-order valence-corrected chi connectivity index (χ4v) is 1.86. The summed E-state index contributed by atoms with van der Waals surface area (Å²) >= 11 is 0. The van der Waals surface area contributed by atoms with Crippen LogP contribution in [0.3, 0.4) is 0 Å². The number of aromatic nitrogens is 1. The lowest BCUT2D eigenvalue weighted by Gasteiger charge is -2.11. The molecule has 0 saturated carbocycles. The van der Waals surface area contributed by atoms with E-state index in [1.54, 1.807) is 6.92 Å². The molecular formula is C15H19N3O2. The fraction of sp³-hybridized carbons (Fsp3) is 0.333. The molecule has 0 fully saturated rings. The van der Waals surface area contributed by atoms with Crippen molar-refractivity contribution in [3.8, 4) is 0 Å². The van der Waals surface area contributed by atoms with E-state index >= 15 is 0 Å². The maximum atomic E-state index is 12.1. The highest BCUT2D eigenvalue weighted by atomic mass is 16.5. The quantitative estimate of drug-likeness (QED) is 0.531. The molecule has 0 atom stereocenters. The first-order valence-electron chi connectivity index (χ1n) is 6.55. The zero-order valence-corrected chi connectivity index (χ0v) is 12.2. The van der Waals surface area contributed by atoms with Crippen LogP contribution in [0.25, 0.3) is 10.9 Å². The van der Waals surface area contributed by atoms with E-state index < -0.39 is 0 Å². The molecule has 20 heavy (non-hydrogen) atoms. The van der Waals surface area contributed by atoms with Gasteiger partial charge in [-0.3, -0.25) is 0 Å². The molecule has 1 aromatic heterocycles. The van der Waals surface area contributed by atoms with Gasteiger partial charge in [0.15, 0.2) is 5.69 Å². The van der Waals surface area contributed by atoms with Crippen molar-refractivity contribution >= 4 is 28.4 Å². The average molecular weight is 273 g/mol. The largest absolute Gasteiger partial charge is 0.461 e. The van der Waals surface area contributed by atoms with Gasteiger partial charge in [-0.2, -0.15) is 0 Å². The topological polar surface area (TPSA) is 57.7 Å². The molecule has 0 radical (unpaired) electrons. The summed E-state index contributed by atoms with van der Waals surface area (Å²) in [6, 6.07) is 7.70. The van der Waals surface area contributed by atoms with E-state index in [4.69, 9.17) is 4.74 Å². The number of para-hydroxylation sites is 1. The first-order valence-corrected chi connectivity index (χ1v) is 6.55. The minimum Gasteiger partial charge on any atom is -0.461 e. The summed E-state index contributed by atoms with van der Waals surface area (Å²) in [6.07, 6.45) is 0. The molecule has 0 bridgehead atoms. The fourth-order valence-electron chi connectivity index (χ4n) is 1.86. The summed E-state index contributed by atoms with van der Waals surface area (Å²) in [6.45, 7) is 4.02. The van der Waals surface area contributed by atoms with Crippen LogP contribution in [0.2, 0.25) is 0 Å². The van der Waals surface area contributed by atoms with Gasteiger partial charge in [0.2, 0.25) is 0 Å². The monoisotopic (exact) mass is 273 g/mol. The van der Waals surface area contributed by atoms with Gasteiger partial charge in [0, 0.05) is 25.0 Å². The highest BCUT2D eigenvalue weighted by molar-refractivity contribution is 6.06. The van der Waals surface area contributed by atoms with E-state index in [1.165, 1.54) is 0 Å². The van der Waals surface area contributed by atoms with Crippen LogP contribution in [-0.4, -0.2) is 42.4 Å². The summed E-state index contributed by atoms with van der Waals surface area (Å²) < 4.78 is 5.09. The number of nitrogens with zero attached hydrogens (tertiary/aromatic N) is 2. The van der Waals surface area contributed by atoms with E-state index in [1.807, 2.05) is 50.2 Å². The second kappa shape index (κ2) is 5.77. The van der Waals surface area contributed by atoms with Crippen molar-refractivity contribution in [3.05, 3.63) is 30.0 Å². The van der Waals surface area contributed by atoms with Gasteiger partial charge in [0.25, 0.3) is 0 Å². The van der Waals surface area contributed by atoms with Crippen LogP contribution in [-0.2, 0) is 4.74 Å². The standard InChI is InChI=1S/C15H19N3O2/c1-5-20-15(19)14-13(16-10(2)18(3)4)11-8-6-7-9-12(11)17-14/h6-9,17H,5H2,1-4H3. The number of amidine groups is 1. The molecule has 2 aromatic rings. The predicted octanol–water partition coefficient (Wildman–Crippen LogP) is 2.96. The predicted molar refractivity (Wildman–Crippen MR) is 80.7 cm³/mol. The van der Waals surface area contributed by atoms with Crippen molar-refractivity contribution in [2.75, 3.05) is 20.7 Å². The number of ether oxygens (including phenoxy) is 1. The van der Waals surface area contributed by atoms with Crippen LogP contribution < -0.4 is 0 Å². The van der Waals surface area contributed by atoms with E-state index in [9.17, 15) is 4.79 Å². The van der Waals surface area contributed by atoms with Crippen molar-refractivity contribution in [2.45, 2.75) is 13.8 Å². The van der Waals surface area contributed by atoms with Crippen molar-refractivity contribution < 1.29 is 9.53 Å². The number of rotatable bonds is 3. The smallest absolute Gasteiger partial charge is 0.357 e. The van der Waals surface area contributed by atoms with Crippen molar-refractivity contribution in [1.82, 2.24) is 9.88 Å². The first-order chi connectivity index (χ1) is 9.54. The van der Waals surface area contributed by atoms with Crippen LogP contribution in [0.1, 0.15) is 24.3 Å². The Hall–Kier alpha value is -2.30. The highest BCUT2D eigenvalue weighted by Gasteiger charge is 2.18. The average Bonchev–Trinajstić information content (AvgIpc) is 2.78. The van der Waals surface area contributed by atoms with E-state index in [0.717, 1.165) is 16.7 Å². The molecule has 5 heteroatoms. The number of fused-ring (bicyclic) bond motifs is 1. The Morgan fingerprint density at radius 1 is 1.35 bits per heavy atom. The first kappa shape index (κ1) is 14.1. The molecule has 0 amide bonds. The molecule has 1 aromatic carbocycles. The van der Waals surface area contributed by atoms with Crippen molar-refractivity contribution in [1.29, 1.82) is 0 Å². The lowest BCUT2D eigenvalue weighted by atomic mass is 10.2. The number of benzene rings is 1. The minimum absolute atomic E-state index is 0.337. The van der Waals surface area contributed by atoms with Gasteiger partial charge in [-0.25, -0.2) is 9.79 Å². The van der Waals surface area contributed by atoms with E-state index in [0.29, 0.717) is 18.0 Å². The molecule has 0 unspecified atom stereocenters. The summed E-state index contributed by atoms with van der Waals surface area (Å²) in [5.41, 5.74) is 1.90. The molecule has 5 nitrogen and oxygen atoms in total. The number of carbonyl (C=O) groups is 1.